The first-order valence-electron chi connectivity index (χ1n) is 12.6. The quantitative estimate of drug-likeness (QED) is 0.158. The maximum Gasteiger partial charge on any atom is 0.181 e. The second-order valence-corrected chi connectivity index (χ2v) is 8.99. The Morgan fingerprint density at radius 3 is 2.71 bits per heavy atom. The molecule has 1 aliphatic heterocycles. The normalized spacial score (nSPS) is 19.9. The van der Waals surface area contributed by atoms with Gasteiger partial charge in [-0.05, 0) is 72.4 Å². The lowest BCUT2D eigenvalue weighted by Crippen LogP contribution is -2.37. The van der Waals surface area contributed by atoms with E-state index in [4.69, 9.17) is 16.0 Å². The van der Waals surface area contributed by atoms with Gasteiger partial charge in [0.2, 0.25) is 0 Å². The van der Waals surface area contributed by atoms with Crippen LogP contribution in [0.3, 0.4) is 0 Å². The molecule has 0 saturated carbocycles. The summed E-state index contributed by atoms with van der Waals surface area (Å²) < 4.78 is 11.8. The van der Waals surface area contributed by atoms with Crippen LogP contribution in [0.15, 0.2) is 101 Å². The van der Waals surface area contributed by atoms with E-state index in [1.807, 2.05) is 36.4 Å². The van der Waals surface area contributed by atoms with Crippen LogP contribution in [-0.4, -0.2) is 42.8 Å². The number of aliphatic hydroxyl groups excluding tert-OH is 1. The number of hydrogen-bond donors (Lipinski definition) is 3. The summed E-state index contributed by atoms with van der Waals surface area (Å²) in [6, 6.07) is 17.6. The van der Waals surface area contributed by atoms with Gasteiger partial charge in [-0.25, -0.2) is 0 Å². The van der Waals surface area contributed by atoms with E-state index in [0.717, 1.165) is 30.7 Å². The minimum atomic E-state index is -0.716. The molecule has 4 rings (SSSR count). The Morgan fingerprint density at radius 1 is 1.11 bits per heavy atom. The van der Waals surface area contributed by atoms with Crippen LogP contribution in [0.4, 0.5) is 0 Å². The molecule has 9 heteroatoms. The van der Waals surface area contributed by atoms with Gasteiger partial charge in [-0.3, -0.25) is 4.79 Å². The van der Waals surface area contributed by atoms with Crippen LogP contribution in [0.1, 0.15) is 28.8 Å². The van der Waals surface area contributed by atoms with Crippen molar-refractivity contribution in [3.8, 4) is 12.3 Å². The van der Waals surface area contributed by atoms with Gasteiger partial charge in [-0.1, -0.05) is 41.4 Å². The minimum Gasteiger partial charge on any atom is -0.494 e. The average Bonchev–Trinajstić information content (AvgIpc) is 2.94. The lowest BCUT2D eigenvalue weighted by molar-refractivity contribution is 0.0314. The van der Waals surface area contributed by atoms with Gasteiger partial charge < -0.3 is 19.9 Å². The highest BCUT2D eigenvalue weighted by atomic mass is 16.5. The molecule has 196 valence electrons. The van der Waals surface area contributed by atoms with Gasteiger partial charge >= 0.3 is 0 Å². The smallest absolute Gasteiger partial charge is 0.181 e. The highest BCUT2D eigenvalue weighted by Gasteiger charge is 2.33. The molecule has 0 aromatic heterocycles. The Bertz CT molecular complexity index is 1230. The van der Waals surface area contributed by atoms with Crippen LogP contribution < -0.4 is 15.6 Å². The zero-order valence-electron chi connectivity index (χ0n) is 21.1. The van der Waals surface area contributed by atoms with Crippen molar-refractivity contribution in [3.05, 3.63) is 106 Å². The second-order valence-electron chi connectivity index (χ2n) is 8.99. The number of carbonyl (C=O) groups is 1. The number of nitrogens with one attached hydrogen (secondary N) is 2. The Hall–Kier alpha value is -4.42. The first-order valence-corrected chi connectivity index (χ1v) is 12.6. The molecule has 1 heterocycles. The first kappa shape index (κ1) is 26.6. The van der Waals surface area contributed by atoms with E-state index in [9.17, 15) is 9.90 Å². The number of nitrogens with zero attached hydrogens (tertiary/aromatic N) is 3. The molecular formula is C29H32N5O4+. The van der Waals surface area contributed by atoms with Crippen LogP contribution >= 0.6 is 0 Å². The molecule has 0 fully saturated rings. The largest absolute Gasteiger partial charge is 0.494 e. The van der Waals surface area contributed by atoms with Crippen molar-refractivity contribution in [1.82, 2.24) is 10.9 Å². The van der Waals surface area contributed by atoms with Gasteiger partial charge in [0, 0.05) is 17.2 Å². The lowest BCUT2D eigenvalue weighted by atomic mass is 9.88. The molecule has 0 amide bonds. The molecule has 0 spiro atoms. The van der Waals surface area contributed by atoms with Gasteiger partial charge in [-0.15, -0.1) is 0 Å². The number of aliphatic hydroxyl groups is 1. The number of aryl methyl sites for hydroxylation is 1. The van der Waals surface area contributed by atoms with Gasteiger partial charge in [0.05, 0.1) is 24.8 Å². The number of ether oxygens (including phenoxy) is 2. The number of Topliss-reactive ketones (excluding diaryl/α,β-unsaturated/α-hetero) is 1. The predicted octanol–water partition coefficient (Wildman–Crippen LogP) is 4.41. The summed E-state index contributed by atoms with van der Waals surface area (Å²) in [5.74, 6) is 0.976. The van der Waals surface area contributed by atoms with E-state index in [2.05, 4.69) is 50.4 Å². The predicted molar refractivity (Wildman–Crippen MR) is 144 cm³/mol. The third-order valence-electron chi connectivity index (χ3n) is 6.26. The molecule has 2 aliphatic rings. The van der Waals surface area contributed by atoms with Crippen molar-refractivity contribution >= 4 is 5.78 Å². The molecule has 2 aromatic carbocycles. The third-order valence-corrected chi connectivity index (χ3v) is 6.26. The fourth-order valence-corrected chi connectivity index (χ4v) is 4.26. The Balaban J connectivity index is 1.20. The molecule has 9 nitrogen and oxygen atoms in total. The molecule has 3 unspecified atom stereocenters. The van der Waals surface area contributed by atoms with Gasteiger partial charge in [-0.2, -0.15) is 0 Å². The summed E-state index contributed by atoms with van der Waals surface area (Å²) in [5.41, 5.74) is 4.85. The summed E-state index contributed by atoms with van der Waals surface area (Å²) in [5, 5.41) is 21.0. The van der Waals surface area contributed by atoms with Crippen molar-refractivity contribution in [2.45, 2.75) is 31.5 Å². The highest BCUT2D eigenvalue weighted by Crippen LogP contribution is 2.29. The maximum atomic E-state index is 12.7. The van der Waals surface area contributed by atoms with Crippen molar-refractivity contribution < 1.29 is 19.4 Å². The molecular weight excluding hydrogens is 482 g/mol. The number of carbonyl (C=O) groups excluding carboxylic acids is 1. The molecule has 38 heavy (non-hydrogen) atoms. The number of hydrogen-bond acceptors (Lipinski definition) is 7. The Kier molecular flexibility index (Phi) is 9.65. The summed E-state index contributed by atoms with van der Waals surface area (Å²) in [6.45, 7) is 5.83. The number of allylic oxidation sites excluding steroid dienone is 1. The summed E-state index contributed by atoms with van der Waals surface area (Å²) in [4.78, 5) is 15.8. The molecule has 3 N–H and O–H groups in total. The van der Waals surface area contributed by atoms with Crippen molar-refractivity contribution in [1.29, 1.82) is 0 Å². The second kappa shape index (κ2) is 13.8. The number of unbranched alkanes of at least 4 members (excludes halogenated alkanes) is 1. The maximum absolute atomic E-state index is 12.7. The molecule has 2 aromatic rings. The topological polar surface area (TPSA) is 109 Å². The summed E-state index contributed by atoms with van der Waals surface area (Å²) >= 11 is 0. The van der Waals surface area contributed by atoms with Crippen molar-refractivity contribution in [3.63, 3.8) is 0 Å². The molecule has 0 saturated heterocycles. The van der Waals surface area contributed by atoms with Gasteiger partial charge in [0.15, 0.2) is 17.6 Å². The number of benzene rings is 2. The zero-order valence-corrected chi connectivity index (χ0v) is 21.1. The van der Waals surface area contributed by atoms with E-state index in [0.29, 0.717) is 17.9 Å². The van der Waals surface area contributed by atoms with Gasteiger partial charge in [0.1, 0.15) is 24.2 Å². The van der Waals surface area contributed by atoms with Crippen LogP contribution in [0, 0.1) is 12.5 Å². The first-order chi connectivity index (χ1) is 18.6. The van der Waals surface area contributed by atoms with Crippen LogP contribution in [0.2, 0.25) is 0 Å². The summed E-state index contributed by atoms with van der Waals surface area (Å²) in [6.07, 6.45) is 9.15. The van der Waals surface area contributed by atoms with Crippen LogP contribution in [0.25, 0.3) is 4.95 Å². The zero-order chi connectivity index (χ0) is 26.6. The van der Waals surface area contributed by atoms with Crippen LogP contribution in [-0.2, 0) is 11.2 Å². The summed E-state index contributed by atoms with van der Waals surface area (Å²) in [7, 11) is 0. The van der Waals surface area contributed by atoms with Crippen molar-refractivity contribution in [2.24, 2.45) is 16.3 Å². The monoisotopic (exact) mass is 514 g/mol. The fraction of sp³-hybridized carbons (Fsp3) is 0.310. The molecule has 0 bridgehead atoms. The third kappa shape index (κ3) is 7.79. The standard InChI is InChI=1S/C29H32N5O4/c1-30-33-34-32-19-25-18-27(35)26-15-12-23(17-29(26)38-25)31-20-28(36)22-10-13-24(14-11-22)37-16-6-5-9-21-7-3-2-4-8-21/h1-4,7-8,10-15,17-18,26-27,29,31,35H,5-6,9,16,19-20H2,(H,32,33)/q+1. The van der Waals surface area contributed by atoms with E-state index >= 15 is 0 Å². The number of fused-ring (bicyclic) bond motifs is 1. The SMILES string of the molecule is C#[N+]NN=NCC1=CC(O)C2C=CC(NCC(=O)c3ccc(OCCCCc4ccccc4)cc3)=CC2O1. The molecule has 1 aliphatic carbocycles. The average molecular weight is 515 g/mol. The van der Waals surface area contributed by atoms with Crippen molar-refractivity contribution in [2.75, 3.05) is 19.7 Å². The fourth-order valence-electron chi connectivity index (χ4n) is 4.26. The number of ketones is 1. The van der Waals surface area contributed by atoms with Crippen LogP contribution in [0.5, 0.6) is 5.75 Å². The highest BCUT2D eigenvalue weighted by molar-refractivity contribution is 5.97. The molecule has 3 atom stereocenters. The Labute approximate surface area is 222 Å². The minimum absolute atomic E-state index is 0.0424. The van der Waals surface area contributed by atoms with E-state index in [1.165, 1.54) is 5.56 Å². The van der Waals surface area contributed by atoms with E-state index in [1.54, 1.807) is 18.2 Å². The van der Waals surface area contributed by atoms with E-state index in [-0.39, 0.29) is 30.9 Å². The lowest BCUT2D eigenvalue weighted by Gasteiger charge is -2.33. The number of rotatable bonds is 13. The van der Waals surface area contributed by atoms with E-state index < -0.39 is 6.10 Å². The molecule has 0 radical (unpaired) electrons. The Morgan fingerprint density at radius 2 is 1.92 bits per heavy atom. The van der Waals surface area contributed by atoms with Gasteiger partial charge in [0.25, 0.3) is 0 Å².